The van der Waals surface area contributed by atoms with Gasteiger partial charge >= 0.3 is 6.18 Å². The third-order valence-corrected chi connectivity index (χ3v) is 1.96. The van der Waals surface area contributed by atoms with Crippen LogP contribution in [0.5, 0.6) is 0 Å². The van der Waals surface area contributed by atoms with Crippen molar-refractivity contribution in [1.82, 2.24) is 0 Å². The lowest BCUT2D eigenvalue weighted by atomic mass is 10.1. The Balaban J connectivity index is 2.84. The topological polar surface area (TPSA) is 20.2 Å². The maximum Gasteiger partial charge on any atom is 0.416 e. The van der Waals surface area contributed by atoms with Gasteiger partial charge in [0.1, 0.15) is 5.83 Å². The number of aliphatic hydroxyl groups excluding tert-OH is 1. The van der Waals surface area contributed by atoms with Gasteiger partial charge in [-0.1, -0.05) is 18.2 Å². The average molecular weight is 234 g/mol. The summed E-state index contributed by atoms with van der Waals surface area (Å²) in [4.78, 5) is 0. The van der Waals surface area contributed by atoms with E-state index in [1.165, 1.54) is 12.1 Å². The van der Waals surface area contributed by atoms with Crippen LogP contribution in [0.2, 0.25) is 0 Å². The third kappa shape index (κ3) is 3.66. The zero-order valence-corrected chi connectivity index (χ0v) is 8.26. The number of hydrogen-bond donors (Lipinski definition) is 1. The number of benzene rings is 1. The minimum absolute atomic E-state index is 0.0241. The molecule has 1 N–H and O–H groups in total. The van der Waals surface area contributed by atoms with Crippen molar-refractivity contribution in [1.29, 1.82) is 0 Å². The van der Waals surface area contributed by atoms with E-state index in [-0.39, 0.29) is 6.42 Å². The fourth-order valence-corrected chi connectivity index (χ4v) is 1.17. The molecule has 0 saturated carbocycles. The molecule has 1 rings (SSSR count). The summed E-state index contributed by atoms with van der Waals surface area (Å²) in [5, 5.41) is 8.37. The van der Waals surface area contributed by atoms with Crippen LogP contribution in [0, 0.1) is 0 Å². The van der Waals surface area contributed by atoms with Crippen molar-refractivity contribution >= 4 is 0 Å². The normalized spacial score (nSPS) is 12.9. The van der Waals surface area contributed by atoms with Crippen LogP contribution in [0.25, 0.3) is 0 Å². The number of hydrogen-bond acceptors (Lipinski definition) is 1. The van der Waals surface area contributed by atoms with E-state index in [1.54, 1.807) is 0 Å². The SMILES string of the molecule is OC/C(F)=C/Cc1cccc(C(F)(F)F)c1. The van der Waals surface area contributed by atoms with Crippen LogP contribution in [0.3, 0.4) is 0 Å². The van der Waals surface area contributed by atoms with E-state index < -0.39 is 24.2 Å². The van der Waals surface area contributed by atoms with Crippen LogP contribution in [0.4, 0.5) is 17.6 Å². The zero-order valence-electron chi connectivity index (χ0n) is 8.26. The largest absolute Gasteiger partial charge is 0.416 e. The van der Waals surface area contributed by atoms with Crippen molar-refractivity contribution in [3.8, 4) is 0 Å². The second-order valence-corrected chi connectivity index (χ2v) is 3.21. The van der Waals surface area contributed by atoms with Gasteiger partial charge in [0.05, 0.1) is 12.2 Å². The molecule has 1 aromatic carbocycles. The van der Waals surface area contributed by atoms with Crippen molar-refractivity contribution in [3.63, 3.8) is 0 Å². The number of allylic oxidation sites excluding steroid dienone is 1. The van der Waals surface area contributed by atoms with Gasteiger partial charge in [-0.2, -0.15) is 13.2 Å². The van der Waals surface area contributed by atoms with Gasteiger partial charge in [-0.25, -0.2) is 4.39 Å². The van der Waals surface area contributed by atoms with E-state index in [9.17, 15) is 17.6 Å². The molecule has 0 aromatic heterocycles. The van der Waals surface area contributed by atoms with Gasteiger partial charge in [0.15, 0.2) is 0 Å². The van der Waals surface area contributed by atoms with Gasteiger partial charge in [-0.05, 0) is 24.1 Å². The Morgan fingerprint density at radius 3 is 2.56 bits per heavy atom. The smallest absolute Gasteiger partial charge is 0.389 e. The molecule has 0 aliphatic rings. The van der Waals surface area contributed by atoms with Gasteiger partial charge < -0.3 is 5.11 Å². The van der Waals surface area contributed by atoms with Crippen molar-refractivity contribution in [2.75, 3.05) is 6.61 Å². The first-order chi connectivity index (χ1) is 7.43. The first kappa shape index (κ1) is 12.7. The number of rotatable bonds is 3. The lowest BCUT2D eigenvalue weighted by Crippen LogP contribution is -2.05. The van der Waals surface area contributed by atoms with Crippen LogP contribution in [-0.2, 0) is 12.6 Å². The van der Waals surface area contributed by atoms with Crippen molar-refractivity contribution in [2.45, 2.75) is 12.6 Å². The average Bonchev–Trinajstić information content (AvgIpc) is 2.25. The summed E-state index contributed by atoms with van der Waals surface area (Å²) in [5.41, 5.74) is -0.416. The molecule has 0 amide bonds. The zero-order chi connectivity index (χ0) is 12.2. The van der Waals surface area contributed by atoms with Crippen LogP contribution in [0.15, 0.2) is 36.2 Å². The Morgan fingerprint density at radius 2 is 2.00 bits per heavy atom. The van der Waals surface area contributed by atoms with E-state index in [1.807, 2.05) is 0 Å². The van der Waals surface area contributed by atoms with Gasteiger partial charge in [0, 0.05) is 0 Å². The molecule has 0 unspecified atom stereocenters. The summed E-state index contributed by atoms with van der Waals surface area (Å²) in [6, 6.07) is 4.65. The highest BCUT2D eigenvalue weighted by Gasteiger charge is 2.30. The maximum absolute atomic E-state index is 12.5. The van der Waals surface area contributed by atoms with E-state index >= 15 is 0 Å². The minimum atomic E-state index is -4.39. The van der Waals surface area contributed by atoms with Gasteiger partial charge in [-0.3, -0.25) is 0 Å². The summed E-state index contributed by atoms with van der Waals surface area (Å²) in [5.74, 6) is -0.752. The lowest BCUT2D eigenvalue weighted by Gasteiger charge is -2.07. The monoisotopic (exact) mass is 234 g/mol. The second kappa shape index (κ2) is 5.12. The highest BCUT2D eigenvalue weighted by molar-refractivity contribution is 5.27. The van der Waals surface area contributed by atoms with E-state index in [2.05, 4.69) is 0 Å². The first-order valence-electron chi connectivity index (χ1n) is 4.55. The molecule has 0 aliphatic carbocycles. The molecule has 0 fully saturated rings. The third-order valence-electron chi connectivity index (χ3n) is 1.96. The van der Waals surface area contributed by atoms with Crippen LogP contribution in [-0.4, -0.2) is 11.7 Å². The molecule has 88 valence electrons. The van der Waals surface area contributed by atoms with Gasteiger partial charge in [-0.15, -0.1) is 0 Å². The van der Waals surface area contributed by atoms with Crippen LogP contribution in [0.1, 0.15) is 11.1 Å². The summed E-state index contributed by atoms with van der Waals surface area (Å²) in [6.07, 6.45) is -3.32. The molecular weight excluding hydrogens is 224 g/mol. The predicted octanol–water partition coefficient (Wildman–Crippen LogP) is 3.09. The standard InChI is InChI=1S/C11H10F4O/c12-10(7-16)5-4-8-2-1-3-9(6-8)11(13,14)15/h1-3,5-6,16H,4,7H2/b10-5-. The molecule has 0 aliphatic heterocycles. The Morgan fingerprint density at radius 1 is 1.31 bits per heavy atom. The fraction of sp³-hybridized carbons (Fsp3) is 0.273. The molecule has 1 nitrogen and oxygen atoms in total. The number of alkyl halides is 3. The molecule has 0 bridgehead atoms. The highest BCUT2D eigenvalue weighted by atomic mass is 19.4. The maximum atomic E-state index is 12.5. The van der Waals surface area contributed by atoms with Crippen molar-refractivity contribution in [2.24, 2.45) is 0 Å². The van der Waals surface area contributed by atoms with E-state index in [0.29, 0.717) is 5.56 Å². The number of halogens is 4. The summed E-state index contributed by atoms with van der Waals surface area (Å²) in [6.45, 7) is -0.737. The van der Waals surface area contributed by atoms with Gasteiger partial charge in [0.2, 0.25) is 0 Å². The molecule has 0 spiro atoms. The summed E-state index contributed by atoms with van der Waals surface area (Å²) in [7, 11) is 0. The Hall–Kier alpha value is -1.36. The Labute approximate surface area is 90.0 Å². The molecular formula is C11H10F4O. The van der Waals surface area contributed by atoms with Crippen LogP contribution < -0.4 is 0 Å². The number of aliphatic hydroxyl groups is 1. The predicted molar refractivity (Wildman–Crippen MR) is 51.4 cm³/mol. The van der Waals surface area contributed by atoms with E-state index in [0.717, 1.165) is 18.2 Å². The van der Waals surface area contributed by atoms with Crippen molar-refractivity contribution < 1.29 is 22.7 Å². The minimum Gasteiger partial charge on any atom is -0.389 e. The van der Waals surface area contributed by atoms with E-state index in [4.69, 9.17) is 5.11 Å². The quantitative estimate of drug-likeness (QED) is 0.797. The Kier molecular flexibility index (Phi) is 4.06. The molecule has 16 heavy (non-hydrogen) atoms. The second-order valence-electron chi connectivity index (χ2n) is 3.21. The molecule has 0 heterocycles. The van der Waals surface area contributed by atoms with Crippen molar-refractivity contribution in [3.05, 3.63) is 47.3 Å². The molecule has 1 aromatic rings. The summed E-state index contributed by atoms with van der Waals surface area (Å²) >= 11 is 0. The fourth-order valence-electron chi connectivity index (χ4n) is 1.17. The molecule has 0 radical (unpaired) electrons. The Bertz CT molecular complexity index is 382. The first-order valence-corrected chi connectivity index (χ1v) is 4.55. The molecule has 0 saturated heterocycles. The molecule has 5 heteroatoms. The van der Waals surface area contributed by atoms with Crippen LogP contribution >= 0.6 is 0 Å². The molecule has 0 atom stereocenters. The lowest BCUT2D eigenvalue weighted by molar-refractivity contribution is -0.137. The highest BCUT2D eigenvalue weighted by Crippen LogP contribution is 2.29. The summed E-state index contributed by atoms with van der Waals surface area (Å²) < 4.78 is 49.5. The van der Waals surface area contributed by atoms with Gasteiger partial charge in [0.25, 0.3) is 0 Å².